The first-order valence-electron chi connectivity index (χ1n) is 5.89. The smallest absolute Gasteiger partial charge is 0.123 e. The van der Waals surface area contributed by atoms with Crippen LogP contribution in [0.15, 0.2) is 36.4 Å². The molecule has 0 fully saturated rings. The first kappa shape index (κ1) is 13.6. The maximum Gasteiger partial charge on any atom is 0.123 e. The third-order valence-corrected chi connectivity index (χ3v) is 2.61. The highest BCUT2D eigenvalue weighted by atomic mass is 16.5. The maximum absolute atomic E-state index is 9.54. The van der Waals surface area contributed by atoms with Gasteiger partial charge in [-0.1, -0.05) is 11.8 Å². The van der Waals surface area contributed by atoms with E-state index in [4.69, 9.17) is 9.47 Å². The Morgan fingerprint density at radius 3 is 1.45 bits per heavy atom. The monoisotopic (exact) mass is 270 g/mol. The summed E-state index contributed by atoms with van der Waals surface area (Å²) in [6, 6.07) is 9.51. The van der Waals surface area contributed by atoms with E-state index in [1.165, 1.54) is 38.5 Å². The van der Waals surface area contributed by atoms with Crippen molar-refractivity contribution in [2.24, 2.45) is 0 Å². The molecule has 2 N–H and O–H groups in total. The predicted octanol–water partition coefficient (Wildman–Crippen LogP) is 2.51. The Morgan fingerprint density at radius 1 is 0.700 bits per heavy atom. The molecule has 0 heterocycles. The second-order valence-electron chi connectivity index (χ2n) is 4.09. The third kappa shape index (κ3) is 3.36. The van der Waals surface area contributed by atoms with E-state index >= 15 is 0 Å². The largest absolute Gasteiger partial charge is 0.508 e. The Morgan fingerprint density at radius 2 is 1.10 bits per heavy atom. The highest BCUT2D eigenvalue weighted by molar-refractivity contribution is 5.51. The number of ether oxygens (including phenoxy) is 2. The number of phenolic OH excluding ortho intramolecular Hbond substituents is 2. The molecule has 2 aromatic carbocycles. The lowest BCUT2D eigenvalue weighted by Crippen LogP contribution is -1.85. The summed E-state index contributed by atoms with van der Waals surface area (Å²) in [5, 5.41) is 19.1. The molecule has 0 aliphatic heterocycles. The van der Waals surface area contributed by atoms with Crippen molar-refractivity contribution in [1.29, 1.82) is 0 Å². The summed E-state index contributed by atoms with van der Waals surface area (Å²) >= 11 is 0. The summed E-state index contributed by atoms with van der Waals surface area (Å²) in [5.41, 5.74) is 1.23. The van der Waals surface area contributed by atoms with Gasteiger partial charge in [-0.25, -0.2) is 0 Å². The summed E-state index contributed by atoms with van der Waals surface area (Å²) in [4.78, 5) is 0. The molecule has 0 bridgehead atoms. The van der Waals surface area contributed by atoms with E-state index in [9.17, 15) is 10.2 Å². The van der Waals surface area contributed by atoms with E-state index in [2.05, 4.69) is 11.8 Å². The number of rotatable bonds is 2. The molecule has 2 rings (SSSR count). The Balaban J connectivity index is 2.35. The van der Waals surface area contributed by atoms with Crippen molar-refractivity contribution < 1.29 is 19.7 Å². The van der Waals surface area contributed by atoms with Gasteiger partial charge in [0.2, 0.25) is 0 Å². The molecule has 102 valence electrons. The number of benzene rings is 2. The van der Waals surface area contributed by atoms with Crippen molar-refractivity contribution in [2.75, 3.05) is 14.2 Å². The van der Waals surface area contributed by atoms with Crippen molar-refractivity contribution in [3.05, 3.63) is 47.5 Å². The van der Waals surface area contributed by atoms with E-state index in [1.54, 1.807) is 12.1 Å². The lowest BCUT2D eigenvalue weighted by Gasteiger charge is -2.02. The molecule has 4 heteroatoms. The summed E-state index contributed by atoms with van der Waals surface area (Å²) in [7, 11) is 3.04. The molecule has 0 amide bonds. The Labute approximate surface area is 117 Å². The van der Waals surface area contributed by atoms with Gasteiger partial charge >= 0.3 is 0 Å². The SMILES string of the molecule is COc1cc(O)cc(C#Cc2cc(O)cc(OC)c2)c1. The fourth-order valence-electron chi connectivity index (χ4n) is 1.69. The van der Waals surface area contributed by atoms with Crippen LogP contribution in [-0.2, 0) is 0 Å². The van der Waals surface area contributed by atoms with Gasteiger partial charge in [0.1, 0.15) is 23.0 Å². The fourth-order valence-corrected chi connectivity index (χ4v) is 1.69. The molecule has 20 heavy (non-hydrogen) atoms. The van der Waals surface area contributed by atoms with Gasteiger partial charge in [-0.05, 0) is 24.3 Å². The molecule has 0 unspecified atom stereocenters. The van der Waals surface area contributed by atoms with Crippen LogP contribution in [0.25, 0.3) is 0 Å². The lowest BCUT2D eigenvalue weighted by molar-refractivity contribution is 0.407. The summed E-state index contributed by atoms with van der Waals surface area (Å²) in [5.74, 6) is 7.03. The van der Waals surface area contributed by atoms with Crippen LogP contribution in [0.5, 0.6) is 23.0 Å². The summed E-state index contributed by atoms with van der Waals surface area (Å²) in [6.45, 7) is 0. The van der Waals surface area contributed by atoms with Gasteiger partial charge in [0.05, 0.1) is 14.2 Å². The molecule has 0 saturated heterocycles. The predicted molar refractivity (Wildman–Crippen MR) is 75.3 cm³/mol. The minimum Gasteiger partial charge on any atom is -0.508 e. The second kappa shape index (κ2) is 5.89. The molecule has 0 radical (unpaired) electrons. The molecule has 0 aliphatic carbocycles. The first-order chi connectivity index (χ1) is 9.60. The van der Waals surface area contributed by atoms with Crippen LogP contribution in [0.3, 0.4) is 0 Å². The minimum atomic E-state index is 0.0853. The molecule has 0 aliphatic rings. The molecular formula is C16H14O4. The van der Waals surface area contributed by atoms with Gasteiger partial charge in [0.15, 0.2) is 0 Å². The highest BCUT2D eigenvalue weighted by Crippen LogP contribution is 2.22. The van der Waals surface area contributed by atoms with Crippen LogP contribution >= 0.6 is 0 Å². The quantitative estimate of drug-likeness (QED) is 0.823. The molecule has 2 aromatic rings. The van der Waals surface area contributed by atoms with E-state index < -0.39 is 0 Å². The normalized spacial score (nSPS) is 9.50. The first-order valence-corrected chi connectivity index (χ1v) is 5.89. The number of aromatic hydroxyl groups is 2. The molecule has 0 atom stereocenters. The van der Waals surface area contributed by atoms with E-state index in [1.807, 2.05) is 0 Å². The average molecular weight is 270 g/mol. The van der Waals surface area contributed by atoms with Crippen molar-refractivity contribution in [1.82, 2.24) is 0 Å². The minimum absolute atomic E-state index is 0.0853. The Kier molecular flexibility index (Phi) is 4.02. The Bertz CT molecular complexity index is 623. The zero-order valence-corrected chi connectivity index (χ0v) is 11.2. The lowest BCUT2D eigenvalue weighted by atomic mass is 10.1. The van der Waals surface area contributed by atoms with Gasteiger partial charge in [-0.2, -0.15) is 0 Å². The second-order valence-corrected chi connectivity index (χ2v) is 4.09. The van der Waals surface area contributed by atoms with Crippen LogP contribution in [-0.4, -0.2) is 24.4 Å². The number of methoxy groups -OCH3 is 2. The number of hydrogen-bond donors (Lipinski definition) is 2. The van der Waals surface area contributed by atoms with E-state index in [-0.39, 0.29) is 11.5 Å². The van der Waals surface area contributed by atoms with Crippen molar-refractivity contribution in [3.63, 3.8) is 0 Å². The standard InChI is InChI=1S/C16H14O4/c1-19-15-7-11(5-13(17)9-15)3-4-12-6-14(18)10-16(8-12)20-2/h5-10,17-18H,1-2H3. The van der Waals surface area contributed by atoms with Crippen LogP contribution in [0.2, 0.25) is 0 Å². The number of hydrogen-bond acceptors (Lipinski definition) is 4. The van der Waals surface area contributed by atoms with E-state index in [0.29, 0.717) is 22.6 Å². The highest BCUT2D eigenvalue weighted by Gasteiger charge is 1.99. The van der Waals surface area contributed by atoms with Gasteiger partial charge in [0, 0.05) is 23.3 Å². The third-order valence-electron chi connectivity index (χ3n) is 2.61. The van der Waals surface area contributed by atoms with Gasteiger partial charge in [-0.3, -0.25) is 0 Å². The molecular weight excluding hydrogens is 256 g/mol. The fraction of sp³-hybridized carbons (Fsp3) is 0.125. The van der Waals surface area contributed by atoms with Gasteiger partial charge in [-0.15, -0.1) is 0 Å². The summed E-state index contributed by atoms with van der Waals surface area (Å²) in [6.07, 6.45) is 0. The van der Waals surface area contributed by atoms with Gasteiger partial charge in [0.25, 0.3) is 0 Å². The average Bonchev–Trinajstić information content (AvgIpc) is 2.44. The maximum atomic E-state index is 9.54. The molecule has 0 saturated carbocycles. The molecule has 0 spiro atoms. The van der Waals surface area contributed by atoms with E-state index in [0.717, 1.165) is 0 Å². The van der Waals surface area contributed by atoms with Crippen LogP contribution in [0, 0.1) is 11.8 Å². The van der Waals surface area contributed by atoms with Crippen LogP contribution in [0.4, 0.5) is 0 Å². The zero-order chi connectivity index (χ0) is 14.5. The van der Waals surface area contributed by atoms with Crippen molar-refractivity contribution in [3.8, 4) is 34.8 Å². The van der Waals surface area contributed by atoms with Crippen molar-refractivity contribution >= 4 is 0 Å². The van der Waals surface area contributed by atoms with Crippen molar-refractivity contribution in [2.45, 2.75) is 0 Å². The van der Waals surface area contributed by atoms with Gasteiger partial charge < -0.3 is 19.7 Å². The summed E-state index contributed by atoms with van der Waals surface area (Å²) < 4.78 is 10.1. The number of phenols is 2. The van der Waals surface area contributed by atoms with Crippen LogP contribution in [0.1, 0.15) is 11.1 Å². The van der Waals surface area contributed by atoms with Crippen LogP contribution < -0.4 is 9.47 Å². The zero-order valence-electron chi connectivity index (χ0n) is 11.2. The Hall–Kier alpha value is -2.80. The topological polar surface area (TPSA) is 58.9 Å². The molecule has 0 aromatic heterocycles. The molecule has 4 nitrogen and oxygen atoms in total.